The zero-order valence-electron chi connectivity index (χ0n) is 16.5. The van der Waals surface area contributed by atoms with Crippen LogP contribution < -0.4 is 10.1 Å². The molecule has 4 heterocycles. The number of hydrogen-bond donors (Lipinski definition) is 1. The molecule has 0 aliphatic carbocycles. The van der Waals surface area contributed by atoms with Crippen molar-refractivity contribution in [3.8, 4) is 17.1 Å². The SMILES string of the molecule is COCc1nc(-c2ccc3c(c2)OC[C@H]3NC(=O)c2cnc3ccc(C)cn23)no1. The second-order valence-electron chi connectivity index (χ2n) is 7.11. The van der Waals surface area contributed by atoms with E-state index in [1.807, 2.05) is 43.5 Å². The summed E-state index contributed by atoms with van der Waals surface area (Å²) in [6, 6.07) is 9.23. The van der Waals surface area contributed by atoms with Gasteiger partial charge < -0.3 is 19.3 Å². The Balaban J connectivity index is 1.36. The van der Waals surface area contributed by atoms with Crippen molar-refractivity contribution in [1.82, 2.24) is 24.8 Å². The molecule has 0 bridgehead atoms. The second-order valence-corrected chi connectivity index (χ2v) is 7.11. The van der Waals surface area contributed by atoms with Crippen LogP contribution in [0.1, 0.15) is 33.5 Å². The number of amides is 1. The van der Waals surface area contributed by atoms with E-state index in [2.05, 4.69) is 20.4 Å². The van der Waals surface area contributed by atoms with E-state index < -0.39 is 0 Å². The van der Waals surface area contributed by atoms with Gasteiger partial charge in [0, 0.05) is 24.4 Å². The molecule has 1 aromatic carbocycles. The van der Waals surface area contributed by atoms with E-state index in [1.54, 1.807) is 17.7 Å². The van der Waals surface area contributed by atoms with Crippen LogP contribution >= 0.6 is 0 Å². The zero-order chi connectivity index (χ0) is 20.7. The largest absolute Gasteiger partial charge is 0.491 e. The zero-order valence-corrected chi connectivity index (χ0v) is 16.5. The lowest BCUT2D eigenvalue weighted by Gasteiger charge is -2.12. The Morgan fingerprint density at radius 1 is 1.33 bits per heavy atom. The molecule has 1 N–H and O–H groups in total. The van der Waals surface area contributed by atoms with Gasteiger partial charge in [0.05, 0.1) is 12.2 Å². The Morgan fingerprint density at radius 3 is 3.10 bits per heavy atom. The summed E-state index contributed by atoms with van der Waals surface area (Å²) in [5.74, 6) is 1.34. The number of benzene rings is 1. The summed E-state index contributed by atoms with van der Waals surface area (Å²) >= 11 is 0. The van der Waals surface area contributed by atoms with Crippen LogP contribution in [-0.2, 0) is 11.3 Å². The summed E-state index contributed by atoms with van der Waals surface area (Å²) in [6.07, 6.45) is 3.48. The first-order chi connectivity index (χ1) is 14.6. The standard InChI is InChI=1S/C21H19N5O4/c1-12-3-6-18-22-8-16(26(18)9-12)21(27)23-15-10-29-17-7-13(4-5-14(15)17)20-24-19(11-28-2)30-25-20/h3-9,15H,10-11H2,1-2H3,(H,23,27)/t15-/m1/s1. The Bertz CT molecular complexity index is 1250. The molecule has 0 fully saturated rings. The molecule has 1 aliphatic heterocycles. The maximum atomic E-state index is 12.9. The molecule has 1 aliphatic rings. The van der Waals surface area contributed by atoms with E-state index in [4.69, 9.17) is 14.0 Å². The van der Waals surface area contributed by atoms with Crippen molar-refractivity contribution in [3.63, 3.8) is 0 Å². The topological polar surface area (TPSA) is 104 Å². The molecule has 0 radical (unpaired) electrons. The number of imidazole rings is 1. The van der Waals surface area contributed by atoms with Gasteiger partial charge in [-0.05, 0) is 24.6 Å². The fourth-order valence-corrected chi connectivity index (χ4v) is 3.51. The van der Waals surface area contributed by atoms with Crippen LogP contribution in [0, 0.1) is 6.92 Å². The molecular formula is C21H19N5O4. The molecule has 1 atom stereocenters. The summed E-state index contributed by atoms with van der Waals surface area (Å²) < 4.78 is 17.7. The number of hydrogen-bond acceptors (Lipinski definition) is 7. The fraction of sp³-hybridized carbons (Fsp3) is 0.238. The van der Waals surface area contributed by atoms with Gasteiger partial charge in [-0.15, -0.1) is 0 Å². The summed E-state index contributed by atoms with van der Waals surface area (Å²) in [5, 5.41) is 7.00. The van der Waals surface area contributed by atoms with Crippen molar-refractivity contribution < 1.29 is 18.8 Å². The number of rotatable bonds is 5. The summed E-state index contributed by atoms with van der Waals surface area (Å²) in [6.45, 7) is 2.58. The number of aromatic nitrogens is 4. The van der Waals surface area contributed by atoms with Gasteiger partial charge in [0.2, 0.25) is 5.82 Å². The van der Waals surface area contributed by atoms with Gasteiger partial charge in [0.25, 0.3) is 11.8 Å². The van der Waals surface area contributed by atoms with Crippen LogP contribution in [0.25, 0.3) is 17.0 Å². The molecule has 152 valence electrons. The van der Waals surface area contributed by atoms with Gasteiger partial charge in [-0.25, -0.2) is 4.98 Å². The first-order valence-corrected chi connectivity index (χ1v) is 9.45. The predicted molar refractivity (Wildman–Crippen MR) is 106 cm³/mol. The molecule has 4 aromatic rings. The molecule has 3 aromatic heterocycles. The van der Waals surface area contributed by atoms with Crippen LogP contribution in [0.3, 0.4) is 0 Å². The molecule has 0 saturated heterocycles. The van der Waals surface area contributed by atoms with E-state index >= 15 is 0 Å². The van der Waals surface area contributed by atoms with Gasteiger partial charge >= 0.3 is 0 Å². The average molecular weight is 405 g/mol. The van der Waals surface area contributed by atoms with Gasteiger partial charge in [-0.2, -0.15) is 4.98 Å². The van der Waals surface area contributed by atoms with Crippen LogP contribution in [0.5, 0.6) is 5.75 Å². The highest BCUT2D eigenvalue weighted by molar-refractivity contribution is 5.93. The first kappa shape index (κ1) is 18.3. The van der Waals surface area contributed by atoms with Crippen molar-refractivity contribution in [2.75, 3.05) is 13.7 Å². The average Bonchev–Trinajstić information content (AvgIpc) is 3.46. The van der Waals surface area contributed by atoms with Crippen molar-refractivity contribution in [2.45, 2.75) is 19.6 Å². The Kier molecular flexibility index (Phi) is 4.44. The summed E-state index contributed by atoms with van der Waals surface area (Å²) in [5.41, 5.74) is 3.93. The smallest absolute Gasteiger partial charge is 0.270 e. The number of nitrogens with zero attached hydrogens (tertiary/aromatic N) is 4. The lowest BCUT2D eigenvalue weighted by molar-refractivity contribution is 0.0924. The number of carbonyl (C=O) groups is 1. The van der Waals surface area contributed by atoms with E-state index in [0.29, 0.717) is 29.8 Å². The fourth-order valence-electron chi connectivity index (χ4n) is 3.51. The Morgan fingerprint density at radius 2 is 2.23 bits per heavy atom. The van der Waals surface area contributed by atoms with Gasteiger partial charge in [0.15, 0.2) is 0 Å². The third-order valence-corrected chi connectivity index (χ3v) is 4.98. The van der Waals surface area contributed by atoms with Crippen LogP contribution in [0.15, 0.2) is 47.2 Å². The minimum Gasteiger partial charge on any atom is -0.491 e. The lowest BCUT2D eigenvalue weighted by Crippen LogP contribution is -2.30. The normalized spacial score (nSPS) is 15.2. The number of fused-ring (bicyclic) bond motifs is 2. The number of pyridine rings is 1. The number of nitrogens with one attached hydrogen (secondary N) is 1. The molecule has 0 unspecified atom stereocenters. The lowest BCUT2D eigenvalue weighted by atomic mass is 10.1. The molecular weight excluding hydrogens is 386 g/mol. The van der Waals surface area contributed by atoms with E-state index in [-0.39, 0.29) is 18.6 Å². The Hall–Kier alpha value is -3.72. The van der Waals surface area contributed by atoms with Crippen molar-refractivity contribution in [3.05, 3.63) is 65.4 Å². The molecule has 9 heteroatoms. The van der Waals surface area contributed by atoms with Crippen molar-refractivity contribution >= 4 is 11.6 Å². The third kappa shape index (κ3) is 3.18. The summed E-state index contributed by atoms with van der Waals surface area (Å²) in [7, 11) is 1.57. The third-order valence-electron chi connectivity index (χ3n) is 4.98. The minimum absolute atomic E-state index is 0.207. The number of methoxy groups -OCH3 is 1. The molecule has 30 heavy (non-hydrogen) atoms. The van der Waals surface area contributed by atoms with Crippen LogP contribution in [-0.4, -0.2) is 39.1 Å². The first-order valence-electron chi connectivity index (χ1n) is 9.45. The highest BCUT2D eigenvalue weighted by atomic mass is 16.5. The van der Waals surface area contributed by atoms with Crippen LogP contribution in [0.2, 0.25) is 0 Å². The summed E-state index contributed by atoms with van der Waals surface area (Å²) in [4.78, 5) is 21.5. The predicted octanol–water partition coefficient (Wildman–Crippen LogP) is 2.70. The van der Waals surface area contributed by atoms with Gasteiger partial charge in [-0.3, -0.25) is 9.20 Å². The van der Waals surface area contributed by atoms with E-state index in [1.165, 1.54) is 0 Å². The van der Waals surface area contributed by atoms with E-state index in [0.717, 1.165) is 22.3 Å². The van der Waals surface area contributed by atoms with Crippen molar-refractivity contribution in [1.29, 1.82) is 0 Å². The van der Waals surface area contributed by atoms with E-state index in [9.17, 15) is 4.79 Å². The number of carbonyl (C=O) groups excluding carboxylic acids is 1. The molecule has 1 amide bonds. The quantitative estimate of drug-likeness (QED) is 0.544. The van der Waals surface area contributed by atoms with Gasteiger partial charge in [-0.1, -0.05) is 23.4 Å². The molecule has 0 saturated carbocycles. The maximum absolute atomic E-state index is 12.9. The molecule has 9 nitrogen and oxygen atoms in total. The van der Waals surface area contributed by atoms with Crippen LogP contribution in [0.4, 0.5) is 0 Å². The number of ether oxygens (including phenoxy) is 2. The van der Waals surface area contributed by atoms with Gasteiger partial charge in [0.1, 0.15) is 30.3 Å². The molecule has 5 rings (SSSR count). The Labute approximate surface area is 171 Å². The maximum Gasteiger partial charge on any atom is 0.270 e. The molecule has 0 spiro atoms. The highest BCUT2D eigenvalue weighted by Gasteiger charge is 2.28. The second kappa shape index (κ2) is 7.27. The van der Waals surface area contributed by atoms with Crippen molar-refractivity contribution in [2.24, 2.45) is 0 Å². The highest BCUT2D eigenvalue weighted by Crippen LogP contribution is 2.35. The minimum atomic E-state index is -0.258. The number of aryl methyl sites for hydroxylation is 1. The monoisotopic (exact) mass is 405 g/mol.